The first kappa shape index (κ1) is 15.7. The molecule has 92 valence electrons. The van der Waals surface area contributed by atoms with Gasteiger partial charge in [-0.2, -0.15) is 0 Å². The quantitative estimate of drug-likeness (QED) is 0.770. The van der Waals surface area contributed by atoms with E-state index in [0.717, 1.165) is 4.47 Å². The summed E-state index contributed by atoms with van der Waals surface area (Å²) in [6.45, 7) is 6.44. The lowest BCUT2D eigenvalue weighted by Crippen LogP contribution is -2.03. The van der Waals surface area contributed by atoms with Crippen LogP contribution in [0.4, 0.5) is 0 Å². The zero-order valence-electron chi connectivity index (χ0n) is 10.7. The topological polar surface area (TPSA) is 26.0 Å². The van der Waals surface area contributed by atoms with Gasteiger partial charge in [0.2, 0.25) is 0 Å². The maximum atomic E-state index is 5.65. The molecule has 0 aromatic heterocycles. The van der Waals surface area contributed by atoms with Crippen LogP contribution in [0.2, 0.25) is 0 Å². The van der Waals surface area contributed by atoms with Crippen molar-refractivity contribution in [3.63, 3.8) is 0 Å². The maximum Gasteiger partial charge on any atom is 0.0266 e. The van der Waals surface area contributed by atoms with E-state index in [1.807, 2.05) is 31.2 Å². The summed E-state index contributed by atoms with van der Waals surface area (Å²) in [5, 5.41) is 0. The lowest BCUT2D eigenvalue weighted by molar-refractivity contribution is 0.702. The van der Waals surface area contributed by atoms with Crippen molar-refractivity contribution in [3.05, 3.63) is 34.3 Å². The van der Waals surface area contributed by atoms with Crippen LogP contribution in [0.5, 0.6) is 0 Å². The van der Waals surface area contributed by atoms with E-state index in [4.69, 9.17) is 5.73 Å². The molecule has 0 saturated heterocycles. The van der Waals surface area contributed by atoms with E-state index in [1.54, 1.807) is 0 Å². The fraction of sp³-hybridized carbons (Fsp3) is 0.571. The molecule has 2 N–H and O–H groups in total. The minimum atomic E-state index is 0.132. The van der Waals surface area contributed by atoms with Gasteiger partial charge in [0.05, 0.1) is 0 Å². The van der Waals surface area contributed by atoms with Crippen molar-refractivity contribution in [2.45, 2.75) is 52.5 Å². The highest BCUT2D eigenvalue weighted by atomic mass is 79.9. The molecule has 0 bridgehead atoms. The molecule has 1 unspecified atom stereocenters. The van der Waals surface area contributed by atoms with Gasteiger partial charge in [-0.15, -0.1) is 0 Å². The first-order valence-corrected chi connectivity index (χ1v) is 6.92. The van der Waals surface area contributed by atoms with Gasteiger partial charge in [0.25, 0.3) is 0 Å². The SMILES string of the molecule is CC(N)c1ccc(Br)cc1.CCCCCC. The van der Waals surface area contributed by atoms with Gasteiger partial charge >= 0.3 is 0 Å². The Kier molecular flexibility index (Phi) is 9.65. The van der Waals surface area contributed by atoms with Crippen molar-refractivity contribution in [2.75, 3.05) is 0 Å². The lowest BCUT2D eigenvalue weighted by atomic mass is 10.1. The molecule has 0 amide bonds. The number of hydrogen-bond donors (Lipinski definition) is 1. The molecule has 0 aliphatic rings. The van der Waals surface area contributed by atoms with Crippen molar-refractivity contribution in [3.8, 4) is 0 Å². The van der Waals surface area contributed by atoms with Gasteiger partial charge in [-0.1, -0.05) is 67.6 Å². The molecular formula is C14H24BrN. The summed E-state index contributed by atoms with van der Waals surface area (Å²) < 4.78 is 1.09. The Hall–Kier alpha value is -0.340. The number of unbranched alkanes of at least 4 members (excludes halogenated alkanes) is 3. The molecule has 0 fully saturated rings. The summed E-state index contributed by atoms with van der Waals surface area (Å²) in [6.07, 6.45) is 5.54. The molecule has 0 saturated carbocycles. The second-order valence-electron chi connectivity index (χ2n) is 4.05. The number of rotatable bonds is 4. The van der Waals surface area contributed by atoms with Crippen LogP contribution in [0.1, 0.15) is 58.1 Å². The monoisotopic (exact) mass is 285 g/mol. The van der Waals surface area contributed by atoms with Crippen LogP contribution >= 0.6 is 15.9 Å². The van der Waals surface area contributed by atoms with Crippen LogP contribution in [0.3, 0.4) is 0 Å². The smallest absolute Gasteiger partial charge is 0.0266 e. The highest BCUT2D eigenvalue weighted by Gasteiger charge is 1.96. The van der Waals surface area contributed by atoms with Crippen LogP contribution in [0.15, 0.2) is 28.7 Å². The zero-order valence-corrected chi connectivity index (χ0v) is 12.3. The summed E-state index contributed by atoms with van der Waals surface area (Å²) in [5.74, 6) is 0. The third kappa shape index (κ3) is 7.89. The van der Waals surface area contributed by atoms with Crippen LogP contribution in [-0.4, -0.2) is 0 Å². The molecule has 0 radical (unpaired) electrons. The second kappa shape index (κ2) is 9.86. The third-order valence-electron chi connectivity index (χ3n) is 2.35. The molecule has 1 rings (SSSR count). The van der Waals surface area contributed by atoms with Crippen LogP contribution in [0, 0.1) is 0 Å². The van der Waals surface area contributed by atoms with E-state index in [1.165, 1.54) is 31.2 Å². The van der Waals surface area contributed by atoms with Crippen molar-refractivity contribution in [1.82, 2.24) is 0 Å². The summed E-state index contributed by atoms with van der Waals surface area (Å²) in [7, 11) is 0. The van der Waals surface area contributed by atoms with Gasteiger partial charge in [-0.3, -0.25) is 0 Å². The predicted octanol–water partition coefficient (Wildman–Crippen LogP) is 5.06. The Balaban J connectivity index is 0.000000325. The molecular weight excluding hydrogens is 262 g/mol. The van der Waals surface area contributed by atoms with Gasteiger partial charge in [0, 0.05) is 10.5 Å². The first-order valence-electron chi connectivity index (χ1n) is 6.12. The maximum absolute atomic E-state index is 5.65. The normalized spacial score (nSPS) is 11.6. The first-order chi connectivity index (χ1) is 7.61. The molecule has 1 aromatic carbocycles. The van der Waals surface area contributed by atoms with Gasteiger partial charge in [-0.05, 0) is 24.6 Å². The molecule has 0 aliphatic carbocycles. The number of nitrogens with two attached hydrogens (primary N) is 1. The Labute approximate surface area is 109 Å². The van der Waals surface area contributed by atoms with Gasteiger partial charge in [0.1, 0.15) is 0 Å². The van der Waals surface area contributed by atoms with Crippen LogP contribution in [0.25, 0.3) is 0 Å². The van der Waals surface area contributed by atoms with E-state index in [9.17, 15) is 0 Å². The lowest BCUT2D eigenvalue weighted by Gasteiger charge is -2.03. The Bertz CT molecular complexity index is 250. The minimum Gasteiger partial charge on any atom is -0.324 e. The molecule has 0 heterocycles. The van der Waals surface area contributed by atoms with E-state index >= 15 is 0 Å². The highest BCUT2D eigenvalue weighted by Crippen LogP contribution is 2.14. The summed E-state index contributed by atoms with van der Waals surface area (Å²) >= 11 is 3.35. The standard InChI is InChI=1S/C8H10BrN.C6H14/c1-6(10)7-2-4-8(9)5-3-7;1-3-5-6-4-2/h2-6H,10H2,1H3;3-6H2,1-2H3. The van der Waals surface area contributed by atoms with Gasteiger partial charge < -0.3 is 5.73 Å². The average Bonchev–Trinajstić information content (AvgIpc) is 2.28. The zero-order chi connectivity index (χ0) is 12.4. The summed E-state index contributed by atoms with van der Waals surface area (Å²) in [5.41, 5.74) is 6.82. The van der Waals surface area contributed by atoms with Gasteiger partial charge in [0.15, 0.2) is 0 Å². The van der Waals surface area contributed by atoms with E-state index in [2.05, 4.69) is 29.8 Å². The number of halogens is 1. The van der Waals surface area contributed by atoms with Crippen molar-refractivity contribution < 1.29 is 0 Å². The highest BCUT2D eigenvalue weighted by molar-refractivity contribution is 9.10. The largest absolute Gasteiger partial charge is 0.324 e. The molecule has 2 heteroatoms. The second-order valence-corrected chi connectivity index (χ2v) is 4.96. The summed E-state index contributed by atoms with van der Waals surface area (Å²) in [6, 6.07) is 8.18. The minimum absolute atomic E-state index is 0.132. The summed E-state index contributed by atoms with van der Waals surface area (Å²) in [4.78, 5) is 0. The molecule has 0 spiro atoms. The van der Waals surface area contributed by atoms with E-state index < -0.39 is 0 Å². The molecule has 16 heavy (non-hydrogen) atoms. The predicted molar refractivity (Wildman–Crippen MR) is 76.6 cm³/mol. The average molecular weight is 286 g/mol. The van der Waals surface area contributed by atoms with Crippen LogP contribution in [-0.2, 0) is 0 Å². The molecule has 1 nitrogen and oxygen atoms in total. The molecule has 0 aliphatic heterocycles. The Morgan fingerprint density at radius 3 is 1.81 bits per heavy atom. The van der Waals surface area contributed by atoms with Crippen LogP contribution < -0.4 is 5.73 Å². The fourth-order valence-electron chi connectivity index (χ4n) is 1.27. The Morgan fingerprint density at radius 1 is 1.06 bits per heavy atom. The molecule has 1 atom stereocenters. The van der Waals surface area contributed by atoms with E-state index in [0.29, 0.717) is 0 Å². The fourth-order valence-corrected chi connectivity index (χ4v) is 1.53. The van der Waals surface area contributed by atoms with Gasteiger partial charge in [-0.25, -0.2) is 0 Å². The van der Waals surface area contributed by atoms with Crippen molar-refractivity contribution in [2.24, 2.45) is 5.73 Å². The number of benzene rings is 1. The molecule has 1 aromatic rings. The van der Waals surface area contributed by atoms with E-state index in [-0.39, 0.29) is 6.04 Å². The third-order valence-corrected chi connectivity index (χ3v) is 2.88. The van der Waals surface area contributed by atoms with Crippen molar-refractivity contribution >= 4 is 15.9 Å². The Morgan fingerprint density at radius 2 is 1.50 bits per heavy atom. The van der Waals surface area contributed by atoms with Crippen molar-refractivity contribution in [1.29, 1.82) is 0 Å². The number of hydrogen-bond acceptors (Lipinski definition) is 1.